The maximum atomic E-state index is 12.5. The van der Waals surface area contributed by atoms with Crippen LogP contribution in [0.5, 0.6) is 5.75 Å². The van der Waals surface area contributed by atoms with Crippen molar-refractivity contribution >= 4 is 11.9 Å². The average Bonchev–Trinajstić information content (AvgIpc) is 2.72. The number of ether oxygens (including phenoxy) is 1. The molecule has 29 heavy (non-hydrogen) atoms. The van der Waals surface area contributed by atoms with Crippen molar-refractivity contribution < 1.29 is 9.53 Å². The highest BCUT2D eigenvalue weighted by Crippen LogP contribution is 2.12. The summed E-state index contributed by atoms with van der Waals surface area (Å²) in [7, 11) is 1.65. The molecule has 3 aromatic rings. The molecule has 0 aliphatic heterocycles. The molecule has 150 valence electrons. The van der Waals surface area contributed by atoms with Gasteiger partial charge in [0.2, 0.25) is 5.95 Å². The second kappa shape index (κ2) is 9.68. The fraction of sp³-hybridized carbons (Fsp3) is 0.261. The quantitative estimate of drug-likeness (QED) is 0.614. The van der Waals surface area contributed by atoms with Crippen molar-refractivity contribution in [1.29, 1.82) is 0 Å². The van der Waals surface area contributed by atoms with Gasteiger partial charge in [-0.25, -0.2) is 9.97 Å². The molecule has 2 N–H and O–H groups in total. The van der Waals surface area contributed by atoms with E-state index in [1.165, 1.54) is 5.56 Å². The summed E-state index contributed by atoms with van der Waals surface area (Å²) in [6.07, 6.45) is 0.816. The number of carbonyl (C=O) groups excluding carboxylic acids is 1. The van der Waals surface area contributed by atoms with Crippen LogP contribution in [0, 0.1) is 13.8 Å². The Morgan fingerprint density at radius 2 is 1.79 bits per heavy atom. The normalized spacial score (nSPS) is 10.4. The van der Waals surface area contributed by atoms with Crippen molar-refractivity contribution in [2.45, 2.75) is 26.8 Å². The molecular weight excluding hydrogens is 364 g/mol. The molecule has 1 heterocycles. The number of benzene rings is 2. The number of aromatic nitrogens is 2. The van der Waals surface area contributed by atoms with E-state index in [1.807, 2.05) is 56.3 Å². The standard InChI is InChI=1S/C23H26N4O2/c1-16-5-4-6-19(13-16)15-25-22(28)21-14-17(2)26-23(27-21)24-12-11-18-7-9-20(29-3)10-8-18/h4-10,13-14H,11-12,15H2,1-3H3,(H,25,28)(H,24,26,27). The van der Waals surface area contributed by atoms with Crippen LogP contribution in [0.25, 0.3) is 0 Å². The number of aryl methyl sites for hydroxylation is 2. The third-order valence-electron chi connectivity index (χ3n) is 4.48. The van der Waals surface area contributed by atoms with Crippen LogP contribution in [-0.4, -0.2) is 29.5 Å². The lowest BCUT2D eigenvalue weighted by atomic mass is 10.1. The highest BCUT2D eigenvalue weighted by atomic mass is 16.5. The highest BCUT2D eigenvalue weighted by Gasteiger charge is 2.10. The van der Waals surface area contributed by atoms with Crippen LogP contribution in [0.4, 0.5) is 5.95 Å². The number of nitrogens with one attached hydrogen (secondary N) is 2. The number of amides is 1. The van der Waals surface area contributed by atoms with Crippen molar-refractivity contribution in [3.63, 3.8) is 0 Å². The van der Waals surface area contributed by atoms with Crippen molar-refractivity contribution in [1.82, 2.24) is 15.3 Å². The number of methoxy groups -OCH3 is 1. The summed E-state index contributed by atoms with van der Waals surface area (Å²) in [5.74, 6) is 1.08. The van der Waals surface area contributed by atoms with Crippen molar-refractivity contribution in [3.8, 4) is 5.75 Å². The SMILES string of the molecule is COc1ccc(CCNc2nc(C)cc(C(=O)NCc3cccc(C)c3)n2)cc1. The van der Waals surface area contributed by atoms with Crippen LogP contribution in [0.2, 0.25) is 0 Å². The van der Waals surface area contributed by atoms with E-state index in [0.29, 0.717) is 24.7 Å². The minimum absolute atomic E-state index is 0.213. The monoisotopic (exact) mass is 390 g/mol. The van der Waals surface area contributed by atoms with E-state index >= 15 is 0 Å². The van der Waals surface area contributed by atoms with Gasteiger partial charge in [0.25, 0.3) is 5.91 Å². The molecule has 0 atom stereocenters. The Labute approximate surface area is 171 Å². The van der Waals surface area contributed by atoms with Gasteiger partial charge in [0.1, 0.15) is 11.4 Å². The molecule has 0 radical (unpaired) electrons. The summed E-state index contributed by atoms with van der Waals surface area (Å²) < 4.78 is 5.17. The Morgan fingerprint density at radius 1 is 1.00 bits per heavy atom. The van der Waals surface area contributed by atoms with Gasteiger partial charge in [-0.15, -0.1) is 0 Å². The Hall–Kier alpha value is -3.41. The Bertz CT molecular complexity index is 971. The van der Waals surface area contributed by atoms with Crippen LogP contribution < -0.4 is 15.4 Å². The first-order valence-corrected chi connectivity index (χ1v) is 9.60. The van der Waals surface area contributed by atoms with Crippen LogP contribution in [0.15, 0.2) is 54.6 Å². The molecule has 0 aliphatic carbocycles. The molecule has 1 aromatic heterocycles. The first kappa shape index (κ1) is 20.3. The second-order valence-corrected chi connectivity index (χ2v) is 6.91. The van der Waals surface area contributed by atoms with Gasteiger partial charge in [-0.3, -0.25) is 4.79 Å². The summed E-state index contributed by atoms with van der Waals surface area (Å²) in [6, 6.07) is 17.7. The van der Waals surface area contributed by atoms with Gasteiger partial charge < -0.3 is 15.4 Å². The smallest absolute Gasteiger partial charge is 0.270 e. The molecule has 6 heteroatoms. The number of nitrogens with zero attached hydrogens (tertiary/aromatic N) is 2. The zero-order valence-corrected chi connectivity index (χ0v) is 17.0. The van der Waals surface area contributed by atoms with Gasteiger partial charge >= 0.3 is 0 Å². The third kappa shape index (κ3) is 6.04. The third-order valence-corrected chi connectivity index (χ3v) is 4.48. The van der Waals surface area contributed by atoms with Crippen LogP contribution in [-0.2, 0) is 13.0 Å². The number of carbonyl (C=O) groups is 1. The average molecular weight is 390 g/mol. The molecule has 1 amide bonds. The van der Waals surface area contributed by atoms with E-state index in [1.54, 1.807) is 13.2 Å². The second-order valence-electron chi connectivity index (χ2n) is 6.91. The van der Waals surface area contributed by atoms with E-state index < -0.39 is 0 Å². The molecule has 0 saturated carbocycles. The number of rotatable bonds is 8. The first-order chi connectivity index (χ1) is 14.0. The van der Waals surface area contributed by atoms with Crippen LogP contribution in [0.1, 0.15) is 32.9 Å². The fourth-order valence-electron chi connectivity index (χ4n) is 2.97. The zero-order valence-electron chi connectivity index (χ0n) is 17.0. The summed E-state index contributed by atoms with van der Waals surface area (Å²) in [5, 5.41) is 6.13. The molecule has 6 nitrogen and oxygen atoms in total. The van der Waals surface area contributed by atoms with Crippen LogP contribution >= 0.6 is 0 Å². The van der Waals surface area contributed by atoms with Crippen molar-refractivity contribution in [3.05, 3.63) is 82.7 Å². The highest BCUT2D eigenvalue weighted by molar-refractivity contribution is 5.92. The first-order valence-electron chi connectivity index (χ1n) is 9.60. The summed E-state index contributed by atoms with van der Waals surface area (Å²) >= 11 is 0. The molecule has 0 spiro atoms. The molecule has 2 aromatic carbocycles. The summed E-state index contributed by atoms with van der Waals surface area (Å²) in [4.78, 5) is 21.3. The van der Waals surface area contributed by atoms with Gasteiger partial charge in [-0.1, -0.05) is 42.0 Å². The minimum atomic E-state index is -0.213. The van der Waals surface area contributed by atoms with Gasteiger partial charge in [0.05, 0.1) is 7.11 Å². The lowest BCUT2D eigenvalue weighted by Gasteiger charge is -2.09. The molecule has 0 bridgehead atoms. The van der Waals surface area contributed by atoms with E-state index in [0.717, 1.165) is 29.0 Å². The van der Waals surface area contributed by atoms with Crippen LogP contribution in [0.3, 0.4) is 0 Å². The molecule has 0 saturated heterocycles. The summed E-state index contributed by atoms with van der Waals surface area (Å²) in [6.45, 7) is 5.01. The number of anilines is 1. The van der Waals surface area contributed by atoms with Crippen molar-refractivity contribution in [2.75, 3.05) is 19.0 Å². The van der Waals surface area contributed by atoms with E-state index in [2.05, 4.69) is 26.7 Å². The number of hydrogen-bond donors (Lipinski definition) is 2. The molecule has 0 aliphatic rings. The molecule has 0 unspecified atom stereocenters. The minimum Gasteiger partial charge on any atom is -0.497 e. The maximum absolute atomic E-state index is 12.5. The Kier molecular flexibility index (Phi) is 6.79. The van der Waals surface area contributed by atoms with E-state index in [4.69, 9.17) is 4.74 Å². The van der Waals surface area contributed by atoms with E-state index in [9.17, 15) is 4.79 Å². The Balaban J connectivity index is 1.57. The molecule has 0 fully saturated rings. The zero-order chi connectivity index (χ0) is 20.6. The van der Waals surface area contributed by atoms with E-state index in [-0.39, 0.29) is 5.91 Å². The van der Waals surface area contributed by atoms with Gasteiger partial charge in [0.15, 0.2) is 0 Å². The predicted octanol–water partition coefficient (Wildman–Crippen LogP) is 3.69. The number of hydrogen-bond acceptors (Lipinski definition) is 5. The molecular formula is C23H26N4O2. The lowest BCUT2D eigenvalue weighted by molar-refractivity contribution is 0.0945. The Morgan fingerprint density at radius 3 is 2.52 bits per heavy atom. The van der Waals surface area contributed by atoms with Gasteiger partial charge in [-0.05, 0) is 49.6 Å². The lowest BCUT2D eigenvalue weighted by Crippen LogP contribution is -2.24. The predicted molar refractivity (Wildman–Crippen MR) is 114 cm³/mol. The maximum Gasteiger partial charge on any atom is 0.270 e. The summed E-state index contributed by atoms with van der Waals surface area (Å²) in [5.41, 5.74) is 4.51. The van der Waals surface area contributed by atoms with Crippen molar-refractivity contribution in [2.24, 2.45) is 0 Å². The molecule has 3 rings (SSSR count). The topological polar surface area (TPSA) is 76.1 Å². The van der Waals surface area contributed by atoms with Gasteiger partial charge in [0, 0.05) is 18.8 Å². The largest absolute Gasteiger partial charge is 0.497 e. The fourth-order valence-corrected chi connectivity index (χ4v) is 2.97. The van der Waals surface area contributed by atoms with Gasteiger partial charge in [-0.2, -0.15) is 0 Å².